The van der Waals surface area contributed by atoms with Gasteiger partial charge in [-0.15, -0.1) is 11.8 Å². The average Bonchev–Trinajstić information content (AvgIpc) is 3.64. The molecule has 2 heterocycles. The lowest BCUT2D eigenvalue weighted by molar-refractivity contribution is -0.117. The molecule has 2 aromatic heterocycles. The largest absolute Gasteiger partial charge is 0.500 e. The molecule has 0 bridgehead atoms. The first-order chi connectivity index (χ1) is 27.4. The van der Waals surface area contributed by atoms with Crippen LogP contribution in [0.25, 0.3) is 11.1 Å². The first-order valence-electron chi connectivity index (χ1n) is 18.2. The van der Waals surface area contributed by atoms with Crippen LogP contribution in [0.5, 0.6) is 0 Å². The molecule has 10 nitrogen and oxygen atoms in total. The number of allylic oxidation sites excluding steroid dienone is 4. The lowest BCUT2D eigenvalue weighted by Gasteiger charge is -2.14. The summed E-state index contributed by atoms with van der Waals surface area (Å²) in [6.45, 7) is 7.94. The van der Waals surface area contributed by atoms with Crippen molar-refractivity contribution in [3.05, 3.63) is 125 Å². The van der Waals surface area contributed by atoms with Crippen LogP contribution in [-0.2, 0) is 41.7 Å². The third-order valence-electron chi connectivity index (χ3n) is 10.2. The summed E-state index contributed by atoms with van der Waals surface area (Å²) in [5.74, 6) is 0.792. The van der Waals surface area contributed by atoms with Crippen LogP contribution < -0.4 is 0 Å². The van der Waals surface area contributed by atoms with Crippen LogP contribution in [0.15, 0.2) is 79.0 Å². The fourth-order valence-electron chi connectivity index (χ4n) is 7.65. The van der Waals surface area contributed by atoms with Crippen molar-refractivity contribution in [3.63, 3.8) is 0 Å². The van der Waals surface area contributed by atoms with Crippen LogP contribution in [0.4, 0.5) is 0 Å². The van der Waals surface area contributed by atoms with Crippen LogP contribution in [0, 0.1) is 62.2 Å². The predicted octanol–water partition coefficient (Wildman–Crippen LogP) is 9.17. The molecule has 0 aliphatic heterocycles. The zero-order chi connectivity index (χ0) is 42.6. The fraction of sp³-hybridized carbons (Fsp3) is 0.318. The normalized spacial score (nSPS) is 16.6. The highest BCUT2D eigenvalue weighted by molar-refractivity contribution is 9.10. The van der Waals surface area contributed by atoms with E-state index in [-0.39, 0.29) is 34.5 Å². The van der Waals surface area contributed by atoms with Crippen molar-refractivity contribution in [2.45, 2.75) is 63.4 Å². The summed E-state index contributed by atoms with van der Waals surface area (Å²) < 4.78 is 37.1. The summed E-state index contributed by atoms with van der Waals surface area (Å²) >= 11 is 8.44. The topological polar surface area (TPSA) is 160 Å². The van der Waals surface area contributed by atoms with Crippen LogP contribution in [0.3, 0.4) is 0 Å². The third-order valence-corrected chi connectivity index (χ3v) is 12.8. The summed E-state index contributed by atoms with van der Waals surface area (Å²) in [7, 11) is -0.481. The van der Waals surface area contributed by atoms with Crippen molar-refractivity contribution >= 4 is 76.2 Å². The van der Waals surface area contributed by atoms with E-state index in [1.54, 1.807) is 26.4 Å². The summed E-state index contributed by atoms with van der Waals surface area (Å²) in [6.07, 6.45) is 4.68. The van der Waals surface area contributed by atoms with E-state index in [2.05, 4.69) is 47.9 Å². The van der Waals surface area contributed by atoms with E-state index in [1.165, 1.54) is 17.8 Å². The molecule has 6 rings (SSSR count). The zero-order valence-electron chi connectivity index (χ0n) is 33.4. The molecule has 0 N–H and O–H groups in total. The molecule has 2 atom stereocenters. The van der Waals surface area contributed by atoms with Gasteiger partial charge in [-0.2, -0.15) is 10.5 Å². The molecular weight excluding hydrogens is 904 g/mol. The SMILES string of the molecule is COC1=C(c2c(C)cc(Br)cc2C)C(=O)C(Cc2ccc(C#N)c(S(C)(=O)=O)n2)C1.COC1=C(c2c(C)cc(Br)cc2C)C(=O)C(Cc2ccc(C#N)c(SC)n2)C1. The van der Waals surface area contributed by atoms with E-state index in [4.69, 9.17) is 14.7 Å². The smallest absolute Gasteiger partial charge is 0.194 e. The highest BCUT2D eigenvalue weighted by Gasteiger charge is 2.38. The number of carbonyl (C=O) groups excluding carboxylic acids is 2. The number of benzene rings is 2. The number of carbonyl (C=O) groups is 2. The van der Waals surface area contributed by atoms with Crippen molar-refractivity contribution in [2.24, 2.45) is 11.8 Å². The number of rotatable bonds is 10. The Morgan fingerprint density at radius 3 is 1.48 bits per heavy atom. The molecule has 2 unspecified atom stereocenters. The number of aryl methyl sites for hydroxylation is 4. The van der Waals surface area contributed by atoms with Gasteiger partial charge in [0.25, 0.3) is 0 Å². The minimum atomic E-state index is -3.66. The Bertz CT molecular complexity index is 2560. The first-order valence-corrected chi connectivity index (χ1v) is 22.9. The molecule has 4 aromatic rings. The van der Waals surface area contributed by atoms with Gasteiger partial charge < -0.3 is 9.47 Å². The molecule has 14 heteroatoms. The van der Waals surface area contributed by atoms with Crippen molar-refractivity contribution in [2.75, 3.05) is 26.7 Å². The molecule has 300 valence electrons. The molecule has 0 saturated carbocycles. The number of pyridine rings is 2. The van der Waals surface area contributed by atoms with E-state index in [9.17, 15) is 23.3 Å². The van der Waals surface area contributed by atoms with E-state index < -0.39 is 15.8 Å². The van der Waals surface area contributed by atoms with Crippen LogP contribution in [0.1, 0.15) is 68.7 Å². The molecule has 2 aliphatic rings. The summed E-state index contributed by atoms with van der Waals surface area (Å²) in [6, 6.07) is 18.6. The second kappa shape index (κ2) is 18.5. The Balaban J connectivity index is 0.000000221. The van der Waals surface area contributed by atoms with Gasteiger partial charge in [-0.05, 0) is 116 Å². The third kappa shape index (κ3) is 9.47. The van der Waals surface area contributed by atoms with Crippen LogP contribution in [-0.4, -0.2) is 56.7 Å². The predicted molar refractivity (Wildman–Crippen MR) is 232 cm³/mol. The number of nitrogens with zero attached hydrogens (tertiary/aromatic N) is 4. The van der Waals surface area contributed by atoms with E-state index in [1.807, 2.05) is 70.4 Å². The number of ether oxygens (including phenoxy) is 2. The molecule has 0 spiro atoms. The van der Waals surface area contributed by atoms with E-state index in [0.717, 1.165) is 60.0 Å². The number of Topliss-reactive ketones (excluding diaryl/α,β-unsaturated/α-hetero) is 2. The number of halogens is 2. The Morgan fingerprint density at radius 2 is 1.12 bits per heavy atom. The van der Waals surface area contributed by atoms with Gasteiger partial charge in [0.2, 0.25) is 0 Å². The maximum Gasteiger partial charge on any atom is 0.194 e. The van der Waals surface area contributed by atoms with Gasteiger partial charge in [-0.1, -0.05) is 31.9 Å². The number of hydrogen-bond acceptors (Lipinski definition) is 11. The monoisotopic (exact) mass is 944 g/mol. The number of nitriles is 2. The number of thioether (sulfide) groups is 1. The lowest BCUT2D eigenvalue weighted by atomic mass is 9.91. The Kier molecular flexibility index (Phi) is 14.2. The van der Waals surface area contributed by atoms with Crippen molar-refractivity contribution in [1.29, 1.82) is 10.5 Å². The molecule has 2 aromatic carbocycles. The van der Waals surface area contributed by atoms with Gasteiger partial charge in [-0.25, -0.2) is 18.4 Å². The van der Waals surface area contributed by atoms with Crippen LogP contribution >= 0.6 is 43.6 Å². The summed E-state index contributed by atoms with van der Waals surface area (Å²) in [5, 5.41) is 18.8. The second-order valence-electron chi connectivity index (χ2n) is 14.3. The molecule has 0 fully saturated rings. The molecule has 0 amide bonds. The summed E-state index contributed by atoms with van der Waals surface area (Å²) in [5.41, 5.74) is 8.96. The maximum absolute atomic E-state index is 13.3. The van der Waals surface area contributed by atoms with Gasteiger partial charge >= 0.3 is 0 Å². The second-order valence-corrected chi connectivity index (χ2v) is 18.8. The Hall–Kier alpha value is -4.60. The zero-order valence-corrected chi connectivity index (χ0v) is 38.2. The fourth-order valence-corrected chi connectivity index (χ4v) is 10.4. The maximum atomic E-state index is 13.3. The van der Waals surface area contributed by atoms with Crippen molar-refractivity contribution < 1.29 is 27.5 Å². The number of aromatic nitrogens is 2. The van der Waals surface area contributed by atoms with Crippen LogP contribution in [0.2, 0.25) is 0 Å². The number of methoxy groups -OCH3 is 2. The van der Waals surface area contributed by atoms with E-state index >= 15 is 0 Å². The molecular formula is C44H42Br2N4O6S2. The minimum absolute atomic E-state index is 0.00324. The molecule has 0 radical (unpaired) electrons. The van der Waals surface area contributed by atoms with Gasteiger partial charge in [0.15, 0.2) is 26.4 Å². The number of ketones is 2. The first kappa shape index (κ1) is 44.5. The van der Waals surface area contributed by atoms with Crippen molar-refractivity contribution in [1.82, 2.24) is 9.97 Å². The molecule has 58 heavy (non-hydrogen) atoms. The highest BCUT2D eigenvalue weighted by atomic mass is 79.9. The lowest BCUT2D eigenvalue weighted by Crippen LogP contribution is -2.15. The molecule has 0 saturated heterocycles. The Labute approximate surface area is 361 Å². The number of hydrogen-bond donors (Lipinski definition) is 0. The Morgan fingerprint density at radius 1 is 0.724 bits per heavy atom. The quantitative estimate of drug-likeness (QED) is 0.140. The van der Waals surface area contributed by atoms with Crippen molar-refractivity contribution in [3.8, 4) is 12.1 Å². The van der Waals surface area contributed by atoms with E-state index in [0.29, 0.717) is 52.5 Å². The van der Waals surface area contributed by atoms with Gasteiger partial charge in [-0.3, -0.25) is 9.59 Å². The number of sulfone groups is 1. The minimum Gasteiger partial charge on any atom is -0.500 e. The average molecular weight is 947 g/mol. The van der Waals surface area contributed by atoms with Gasteiger partial charge in [0.05, 0.1) is 36.5 Å². The summed E-state index contributed by atoms with van der Waals surface area (Å²) in [4.78, 5) is 35.4. The highest BCUT2D eigenvalue weighted by Crippen LogP contribution is 2.42. The van der Waals surface area contributed by atoms with Gasteiger partial charge in [0, 0.05) is 64.1 Å². The van der Waals surface area contributed by atoms with Gasteiger partial charge in [0.1, 0.15) is 28.7 Å². The molecule has 2 aliphatic carbocycles. The standard InChI is InChI=1S/C22H21BrN2O4S.C22H21BrN2O2S/c1-12-7-16(23)8-13(2)19(12)20-18(29-3)10-15(21(20)26)9-17-6-5-14(11-24)22(25-17)30(4,27)28;1-12-7-16(23)8-13(2)19(12)20-18(27-3)10-15(21(20)26)9-17-6-5-14(11-24)22(25-17)28-4/h5-8,15H,9-10H2,1-4H3;5-8,15H,9-10H2,1-4H3.